The molecule has 1 unspecified atom stereocenters. The van der Waals surface area contributed by atoms with Crippen LogP contribution in [0.2, 0.25) is 0 Å². The van der Waals surface area contributed by atoms with E-state index in [0.29, 0.717) is 5.92 Å². The standard InChI is InChI=1S/C15H22N2/c16-15(14-9-6-10-14,17-11-4-5-12-17)13-7-2-1-3-8-13/h1-3,7-8,14H,4-6,9-12,16H2. The molecule has 1 aromatic carbocycles. The van der Waals surface area contributed by atoms with E-state index in [1.54, 1.807) is 0 Å². The van der Waals surface area contributed by atoms with Crippen LogP contribution < -0.4 is 5.73 Å². The van der Waals surface area contributed by atoms with Gasteiger partial charge in [-0.3, -0.25) is 4.90 Å². The summed E-state index contributed by atoms with van der Waals surface area (Å²) in [6.07, 6.45) is 6.55. The van der Waals surface area contributed by atoms with Gasteiger partial charge in [-0.1, -0.05) is 36.8 Å². The molecule has 0 aromatic heterocycles. The highest BCUT2D eigenvalue weighted by Gasteiger charge is 2.45. The van der Waals surface area contributed by atoms with Gasteiger partial charge in [0.25, 0.3) is 0 Å². The lowest BCUT2D eigenvalue weighted by molar-refractivity contribution is 0.0126. The van der Waals surface area contributed by atoms with Gasteiger partial charge in [-0.15, -0.1) is 0 Å². The molecule has 3 rings (SSSR count). The topological polar surface area (TPSA) is 29.3 Å². The second-order valence-electron chi connectivity index (χ2n) is 5.51. The van der Waals surface area contributed by atoms with Crippen molar-refractivity contribution >= 4 is 0 Å². The van der Waals surface area contributed by atoms with Gasteiger partial charge < -0.3 is 5.73 Å². The molecule has 92 valence electrons. The number of likely N-dealkylation sites (tertiary alicyclic amines) is 1. The summed E-state index contributed by atoms with van der Waals surface area (Å²) in [4.78, 5) is 2.52. The van der Waals surface area contributed by atoms with Gasteiger partial charge in [0.15, 0.2) is 0 Å². The third-order valence-electron chi connectivity index (χ3n) is 4.59. The molecule has 2 nitrogen and oxygen atoms in total. The molecule has 0 radical (unpaired) electrons. The summed E-state index contributed by atoms with van der Waals surface area (Å²) in [5.74, 6) is 0.656. The maximum absolute atomic E-state index is 6.86. The normalized spacial score (nSPS) is 25.5. The molecule has 0 bridgehead atoms. The Morgan fingerprint density at radius 1 is 1.00 bits per heavy atom. The van der Waals surface area contributed by atoms with Crippen molar-refractivity contribution in [3.63, 3.8) is 0 Å². The molecule has 2 heteroatoms. The number of hydrogen-bond acceptors (Lipinski definition) is 2. The van der Waals surface area contributed by atoms with Crippen LogP contribution in [0, 0.1) is 5.92 Å². The lowest BCUT2D eigenvalue weighted by atomic mass is 9.72. The summed E-state index contributed by atoms with van der Waals surface area (Å²) in [5, 5.41) is 0. The summed E-state index contributed by atoms with van der Waals surface area (Å²) in [7, 11) is 0. The maximum atomic E-state index is 6.86. The van der Waals surface area contributed by atoms with E-state index in [-0.39, 0.29) is 5.66 Å². The first-order valence-corrected chi connectivity index (χ1v) is 6.91. The molecular formula is C15H22N2. The van der Waals surface area contributed by atoms with Crippen molar-refractivity contribution in [2.45, 2.75) is 37.8 Å². The van der Waals surface area contributed by atoms with Crippen LogP contribution in [0.25, 0.3) is 0 Å². The predicted molar refractivity (Wildman–Crippen MR) is 70.5 cm³/mol. The van der Waals surface area contributed by atoms with E-state index >= 15 is 0 Å². The van der Waals surface area contributed by atoms with Crippen LogP contribution in [-0.2, 0) is 5.66 Å². The molecule has 2 N–H and O–H groups in total. The zero-order chi connectivity index (χ0) is 11.7. The van der Waals surface area contributed by atoms with Crippen molar-refractivity contribution in [1.29, 1.82) is 0 Å². The molecule has 17 heavy (non-hydrogen) atoms. The molecule has 1 aliphatic carbocycles. The predicted octanol–water partition coefficient (Wildman–Crippen LogP) is 2.69. The quantitative estimate of drug-likeness (QED) is 0.865. The number of nitrogens with two attached hydrogens (primary N) is 1. The van der Waals surface area contributed by atoms with Crippen molar-refractivity contribution in [2.24, 2.45) is 11.7 Å². The van der Waals surface area contributed by atoms with Gasteiger partial charge in [-0.05, 0) is 37.2 Å². The number of nitrogens with zero attached hydrogens (tertiary/aromatic N) is 1. The second-order valence-corrected chi connectivity index (χ2v) is 5.51. The number of benzene rings is 1. The lowest BCUT2D eigenvalue weighted by Crippen LogP contribution is -2.58. The molecule has 1 saturated carbocycles. The summed E-state index contributed by atoms with van der Waals surface area (Å²) in [5.41, 5.74) is 7.97. The molecule has 1 heterocycles. The van der Waals surface area contributed by atoms with Gasteiger partial charge in [-0.25, -0.2) is 0 Å². The Morgan fingerprint density at radius 2 is 1.65 bits per heavy atom. The van der Waals surface area contributed by atoms with Crippen molar-refractivity contribution in [2.75, 3.05) is 13.1 Å². The van der Waals surface area contributed by atoms with E-state index in [2.05, 4.69) is 35.2 Å². The van der Waals surface area contributed by atoms with Crippen molar-refractivity contribution in [3.8, 4) is 0 Å². The number of hydrogen-bond donors (Lipinski definition) is 1. The van der Waals surface area contributed by atoms with Gasteiger partial charge in [0.2, 0.25) is 0 Å². The second kappa shape index (κ2) is 4.43. The summed E-state index contributed by atoms with van der Waals surface area (Å²) in [6, 6.07) is 10.7. The largest absolute Gasteiger partial charge is 0.309 e. The fourth-order valence-electron chi connectivity index (χ4n) is 3.32. The Bertz CT molecular complexity index is 366. The van der Waals surface area contributed by atoms with Gasteiger partial charge in [0.05, 0.1) is 5.66 Å². The summed E-state index contributed by atoms with van der Waals surface area (Å²) < 4.78 is 0. The van der Waals surface area contributed by atoms with Crippen molar-refractivity contribution in [3.05, 3.63) is 35.9 Å². The van der Waals surface area contributed by atoms with E-state index < -0.39 is 0 Å². The fourth-order valence-corrected chi connectivity index (χ4v) is 3.32. The minimum absolute atomic E-state index is 0.198. The smallest absolute Gasteiger partial charge is 0.0978 e. The van der Waals surface area contributed by atoms with Crippen molar-refractivity contribution < 1.29 is 0 Å². The molecule has 1 aromatic rings. The number of rotatable bonds is 3. The molecule has 2 fully saturated rings. The van der Waals surface area contributed by atoms with E-state index in [9.17, 15) is 0 Å². The maximum Gasteiger partial charge on any atom is 0.0978 e. The van der Waals surface area contributed by atoms with Crippen LogP contribution in [0.5, 0.6) is 0 Å². The van der Waals surface area contributed by atoms with Gasteiger partial charge in [0, 0.05) is 13.1 Å². The average molecular weight is 230 g/mol. The van der Waals surface area contributed by atoms with E-state index in [1.807, 2.05) is 0 Å². The Hall–Kier alpha value is -0.860. The Morgan fingerprint density at radius 3 is 2.18 bits per heavy atom. The monoisotopic (exact) mass is 230 g/mol. The molecule has 2 aliphatic rings. The zero-order valence-corrected chi connectivity index (χ0v) is 10.4. The molecule has 1 aliphatic heterocycles. The van der Waals surface area contributed by atoms with Gasteiger partial charge in [0.1, 0.15) is 0 Å². The summed E-state index contributed by atoms with van der Waals surface area (Å²) >= 11 is 0. The van der Waals surface area contributed by atoms with Crippen LogP contribution in [-0.4, -0.2) is 18.0 Å². The fraction of sp³-hybridized carbons (Fsp3) is 0.600. The highest BCUT2D eigenvalue weighted by atomic mass is 15.3. The van der Waals surface area contributed by atoms with Crippen LogP contribution in [0.1, 0.15) is 37.7 Å². The Kier molecular flexibility index (Phi) is 2.93. The third-order valence-corrected chi connectivity index (χ3v) is 4.59. The minimum Gasteiger partial charge on any atom is -0.309 e. The minimum atomic E-state index is -0.198. The molecule has 1 saturated heterocycles. The zero-order valence-electron chi connectivity index (χ0n) is 10.4. The lowest BCUT2D eigenvalue weighted by Gasteiger charge is -2.48. The third kappa shape index (κ3) is 1.80. The first kappa shape index (κ1) is 11.2. The van der Waals surface area contributed by atoms with Crippen LogP contribution >= 0.6 is 0 Å². The Balaban J connectivity index is 1.95. The van der Waals surface area contributed by atoms with Crippen LogP contribution in [0.15, 0.2) is 30.3 Å². The van der Waals surface area contributed by atoms with Crippen LogP contribution in [0.3, 0.4) is 0 Å². The van der Waals surface area contributed by atoms with E-state index in [0.717, 1.165) is 0 Å². The first-order valence-electron chi connectivity index (χ1n) is 6.91. The SMILES string of the molecule is NC(c1ccccc1)(C1CCC1)N1CCCC1. The van der Waals surface area contributed by atoms with Crippen LogP contribution in [0.4, 0.5) is 0 Å². The first-order chi connectivity index (χ1) is 8.32. The van der Waals surface area contributed by atoms with E-state index in [4.69, 9.17) is 5.73 Å². The van der Waals surface area contributed by atoms with Crippen molar-refractivity contribution in [1.82, 2.24) is 4.90 Å². The molecular weight excluding hydrogens is 208 g/mol. The highest BCUT2D eigenvalue weighted by molar-refractivity contribution is 5.25. The van der Waals surface area contributed by atoms with Gasteiger partial charge >= 0.3 is 0 Å². The van der Waals surface area contributed by atoms with Gasteiger partial charge in [-0.2, -0.15) is 0 Å². The highest BCUT2D eigenvalue weighted by Crippen LogP contribution is 2.43. The molecule has 0 amide bonds. The molecule has 1 atom stereocenters. The van der Waals surface area contributed by atoms with E-state index in [1.165, 1.54) is 50.8 Å². The Labute approximate surface area is 104 Å². The molecule has 0 spiro atoms. The average Bonchev–Trinajstić information content (AvgIpc) is 2.81. The summed E-state index contributed by atoms with van der Waals surface area (Å²) in [6.45, 7) is 2.34.